The standard InChI is InChI=1S/C15H19N3/c1-2-18(12-15-5-3-4-10-17-15)11-13-6-8-14(16)9-7-13/h3-10H,2,11-12,16H2,1H3. The van der Waals surface area contributed by atoms with E-state index in [9.17, 15) is 0 Å². The zero-order chi connectivity index (χ0) is 12.8. The largest absolute Gasteiger partial charge is 0.399 e. The number of aromatic nitrogens is 1. The Balaban J connectivity index is 1.99. The van der Waals surface area contributed by atoms with Crippen molar-refractivity contribution < 1.29 is 0 Å². The molecule has 0 saturated heterocycles. The van der Waals surface area contributed by atoms with Gasteiger partial charge in [-0.05, 0) is 36.4 Å². The second-order valence-electron chi connectivity index (χ2n) is 4.37. The molecule has 0 saturated carbocycles. The lowest BCUT2D eigenvalue weighted by molar-refractivity contribution is 0.268. The van der Waals surface area contributed by atoms with Crippen LogP contribution in [-0.4, -0.2) is 16.4 Å². The maximum atomic E-state index is 5.69. The SMILES string of the molecule is CCN(Cc1ccc(N)cc1)Cc1ccccn1. The van der Waals surface area contributed by atoms with Gasteiger partial charge in [0, 0.05) is 25.0 Å². The molecule has 2 rings (SSSR count). The van der Waals surface area contributed by atoms with Crippen molar-refractivity contribution in [2.45, 2.75) is 20.0 Å². The topological polar surface area (TPSA) is 42.1 Å². The van der Waals surface area contributed by atoms with Crippen LogP contribution in [0, 0.1) is 0 Å². The lowest BCUT2D eigenvalue weighted by atomic mass is 10.2. The Morgan fingerprint density at radius 2 is 1.83 bits per heavy atom. The number of anilines is 1. The van der Waals surface area contributed by atoms with Gasteiger partial charge in [-0.2, -0.15) is 0 Å². The van der Waals surface area contributed by atoms with Crippen LogP contribution in [0.15, 0.2) is 48.7 Å². The number of benzene rings is 1. The summed E-state index contributed by atoms with van der Waals surface area (Å²) in [6.45, 7) is 4.97. The van der Waals surface area contributed by atoms with Crippen LogP contribution in [0.4, 0.5) is 5.69 Å². The normalized spacial score (nSPS) is 10.8. The number of nitrogens with two attached hydrogens (primary N) is 1. The predicted octanol–water partition coefficient (Wildman–Crippen LogP) is 2.69. The van der Waals surface area contributed by atoms with E-state index in [1.807, 2.05) is 30.5 Å². The van der Waals surface area contributed by atoms with Crippen LogP contribution in [0.5, 0.6) is 0 Å². The molecule has 0 aliphatic carbocycles. The first-order chi connectivity index (χ1) is 8.78. The molecule has 1 aromatic carbocycles. The van der Waals surface area contributed by atoms with Gasteiger partial charge in [0.1, 0.15) is 0 Å². The van der Waals surface area contributed by atoms with Crippen molar-refractivity contribution in [3.05, 3.63) is 59.9 Å². The molecule has 1 aromatic heterocycles. The van der Waals surface area contributed by atoms with E-state index < -0.39 is 0 Å². The van der Waals surface area contributed by atoms with Gasteiger partial charge < -0.3 is 5.73 Å². The van der Waals surface area contributed by atoms with Crippen LogP contribution >= 0.6 is 0 Å². The lowest BCUT2D eigenvalue weighted by Crippen LogP contribution is -2.22. The number of rotatable bonds is 5. The number of pyridine rings is 1. The molecule has 18 heavy (non-hydrogen) atoms. The third-order valence-electron chi connectivity index (χ3n) is 2.94. The second-order valence-corrected chi connectivity index (χ2v) is 4.37. The molecule has 0 amide bonds. The fourth-order valence-electron chi connectivity index (χ4n) is 1.88. The van der Waals surface area contributed by atoms with E-state index in [1.165, 1.54) is 5.56 Å². The molecule has 2 aromatic rings. The van der Waals surface area contributed by atoms with E-state index in [0.717, 1.165) is 31.0 Å². The molecule has 3 heteroatoms. The Kier molecular flexibility index (Phi) is 4.31. The minimum atomic E-state index is 0.812. The van der Waals surface area contributed by atoms with Crippen molar-refractivity contribution in [1.29, 1.82) is 0 Å². The Morgan fingerprint density at radius 1 is 1.06 bits per heavy atom. The summed E-state index contributed by atoms with van der Waals surface area (Å²) >= 11 is 0. The summed E-state index contributed by atoms with van der Waals surface area (Å²) in [6.07, 6.45) is 1.84. The summed E-state index contributed by atoms with van der Waals surface area (Å²) in [5.74, 6) is 0. The second kappa shape index (κ2) is 6.17. The Bertz CT molecular complexity index is 465. The van der Waals surface area contributed by atoms with Crippen LogP contribution in [0.1, 0.15) is 18.2 Å². The quantitative estimate of drug-likeness (QED) is 0.818. The number of nitrogen functional groups attached to an aromatic ring is 1. The third-order valence-corrected chi connectivity index (χ3v) is 2.94. The molecular formula is C15H19N3. The molecule has 0 atom stereocenters. The fourth-order valence-corrected chi connectivity index (χ4v) is 1.88. The summed E-state index contributed by atoms with van der Waals surface area (Å²) in [4.78, 5) is 6.72. The van der Waals surface area contributed by atoms with E-state index in [4.69, 9.17) is 5.73 Å². The molecule has 0 unspecified atom stereocenters. The molecule has 0 fully saturated rings. The van der Waals surface area contributed by atoms with Gasteiger partial charge in [-0.1, -0.05) is 25.1 Å². The fraction of sp³-hybridized carbons (Fsp3) is 0.267. The molecule has 3 nitrogen and oxygen atoms in total. The number of hydrogen-bond donors (Lipinski definition) is 1. The van der Waals surface area contributed by atoms with Crippen molar-refractivity contribution in [2.24, 2.45) is 0 Å². The predicted molar refractivity (Wildman–Crippen MR) is 74.9 cm³/mol. The van der Waals surface area contributed by atoms with Gasteiger partial charge in [-0.15, -0.1) is 0 Å². The molecule has 0 bridgehead atoms. The van der Waals surface area contributed by atoms with Gasteiger partial charge in [-0.3, -0.25) is 9.88 Å². The molecule has 0 radical (unpaired) electrons. The Labute approximate surface area is 108 Å². The lowest BCUT2D eigenvalue weighted by Gasteiger charge is -2.20. The maximum Gasteiger partial charge on any atom is 0.0544 e. The maximum absolute atomic E-state index is 5.69. The first-order valence-corrected chi connectivity index (χ1v) is 6.24. The highest BCUT2D eigenvalue weighted by atomic mass is 15.1. The first-order valence-electron chi connectivity index (χ1n) is 6.24. The summed E-state index contributed by atoms with van der Waals surface area (Å²) in [6, 6.07) is 14.1. The van der Waals surface area contributed by atoms with Crippen LogP contribution in [0.3, 0.4) is 0 Å². The minimum absolute atomic E-state index is 0.812. The van der Waals surface area contributed by atoms with Gasteiger partial charge in [0.25, 0.3) is 0 Å². The van der Waals surface area contributed by atoms with Crippen molar-refractivity contribution in [3.8, 4) is 0 Å². The highest BCUT2D eigenvalue weighted by Crippen LogP contribution is 2.10. The molecule has 1 heterocycles. The summed E-state index contributed by atoms with van der Waals surface area (Å²) in [5.41, 5.74) is 8.89. The van der Waals surface area contributed by atoms with Crippen molar-refractivity contribution in [3.63, 3.8) is 0 Å². The van der Waals surface area contributed by atoms with Crippen LogP contribution < -0.4 is 5.73 Å². The third kappa shape index (κ3) is 3.57. The zero-order valence-corrected chi connectivity index (χ0v) is 10.7. The van der Waals surface area contributed by atoms with Crippen LogP contribution in [0.25, 0.3) is 0 Å². The monoisotopic (exact) mass is 241 g/mol. The van der Waals surface area contributed by atoms with E-state index in [0.29, 0.717) is 0 Å². The summed E-state index contributed by atoms with van der Waals surface area (Å²) in [5, 5.41) is 0. The molecule has 0 aliphatic rings. The van der Waals surface area contributed by atoms with Gasteiger partial charge in [0.2, 0.25) is 0 Å². The number of nitrogens with zero attached hydrogens (tertiary/aromatic N) is 2. The van der Waals surface area contributed by atoms with Gasteiger partial charge in [-0.25, -0.2) is 0 Å². The van der Waals surface area contributed by atoms with Crippen LogP contribution in [0.2, 0.25) is 0 Å². The van der Waals surface area contributed by atoms with Gasteiger partial charge in [0.15, 0.2) is 0 Å². The molecule has 2 N–H and O–H groups in total. The molecular weight excluding hydrogens is 222 g/mol. The van der Waals surface area contributed by atoms with Crippen molar-refractivity contribution >= 4 is 5.69 Å². The number of hydrogen-bond acceptors (Lipinski definition) is 3. The summed E-state index contributed by atoms with van der Waals surface area (Å²) in [7, 11) is 0. The first kappa shape index (κ1) is 12.6. The Morgan fingerprint density at radius 3 is 2.44 bits per heavy atom. The smallest absolute Gasteiger partial charge is 0.0544 e. The molecule has 94 valence electrons. The van der Waals surface area contributed by atoms with E-state index >= 15 is 0 Å². The highest BCUT2D eigenvalue weighted by molar-refractivity contribution is 5.39. The van der Waals surface area contributed by atoms with Crippen molar-refractivity contribution in [1.82, 2.24) is 9.88 Å². The average Bonchev–Trinajstić information content (AvgIpc) is 2.41. The minimum Gasteiger partial charge on any atom is -0.399 e. The molecule has 0 spiro atoms. The van der Waals surface area contributed by atoms with E-state index in [-0.39, 0.29) is 0 Å². The zero-order valence-electron chi connectivity index (χ0n) is 10.7. The van der Waals surface area contributed by atoms with Gasteiger partial charge in [0.05, 0.1) is 5.69 Å². The highest BCUT2D eigenvalue weighted by Gasteiger charge is 2.05. The Hall–Kier alpha value is -1.87. The van der Waals surface area contributed by atoms with E-state index in [2.05, 4.69) is 35.0 Å². The summed E-state index contributed by atoms with van der Waals surface area (Å²) < 4.78 is 0. The van der Waals surface area contributed by atoms with E-state index in [1.54, 1.807) is 0 Å². The van der Waals surface area contributed by atoms with Gasteiger partial charge >= 0.3 is 0 Å². The van der Waals surface area contributed by atoms with Crippen LogP contribution in [-0.2, 0) is 13.1 Å². The van der Waals surface area contributed by atoms with Crippen molar-refractivity contribution in [2.75, 3.05) is 12.3 Å². The average molecular weight is 241 g/mol. The molecule has 0 aliphatic heterocycles.